The molecule has 0 bridgehead atoms. The van der Waals surface area contributed by atoms with Crippen LogP contribution in [0.15, 0.2) is 0 Å². The monoisotopic (exact) mass is 200 g/mol. The molecule has 1 aliphatic carbocycles. The van der Waals surface area contributed by atoms with Gasteiger partial charge in [-0.1, -0.05) is 19.3 Å². The molecular formula is C10H16O4. The van der Waals surface area contributed by atoms with Crippen LogP contribution in [0.5, 0.6) is 0 Å². The molecule has 0 aromatic carbocycles. The van der Waals surface area contributed by atoms with Gasteiger partial charge in [0.25, 0.3) is 0 Å². The highest BCUT2D eigenvalue weighted by Gasteiger charge is 2.49. The second-order valence-electron chi connectivity index (χ2n) is 4.10. The number of hydrogen-bond acceptors (Lipinski definition) is 3. The van der Waals surface area contributed by atoms with E-state index in [0.29, 0.717) is 26.1 Å². The number of aliphatic carboxylic acids is 1. The second kappa shape index (κ2) is 3.87. The zero-order valence-corrected chi connectivity index (χ0v) is 8.20. The third-order valence-corrected chi connectivity index (χ3v) is 3.24. The number of carboxylic acid groups (broad SMARTS) is 1. The predicted octanol–water partition coefficient (Wildman–Crippen LogP) is 1.39. The summed E-state index contributed by atoms with van der Waals surface area (Å²) in [6, 6.07) is 0. The molecule has 0 radical (unpaired) electrons. The third-order valence-electron chi connectivity index (χ3n) is 3.24. The fourth-order valence-corrected chi connectivity index (χ4v) is 2.41. The maximum atomic E-state index is 11.3. The number of ether oxygens (including phenoxy) is 2. The summed E-state index contributed by atoms with van der Waals surface area (Å²) in [6.07, 6.45) is 3.92. The Balaban J connectivity index is 2.15. The molecule has 1 saturated carbocycles. The number of rotatable bonds is 2. The molecule has 0 spiro atoms. The first-order chi connectivity index (χ1) is 6.76. The highest BCUT2D eigenvalue weighted by Crippen LogP contribution is 2.42. The average molecular weight is 200 g/mol. The molecule has 80 valence electrons. The van der Waals surface area contributed by atoms with Gasteiger partial charge in [-0.05, 0) is 12.8 Å². The Morgan fingerprint density at radius 1 is 1.14 bits per heavy atom. The van der Waals surface area contributed by atoms with Crippen molar-refractivity contribution in [1.29, 1.82) is 0 Å². The molecule has 4 heteroatoms. The molecule has 1 aliphatic heterocycles. The first-order valence-electron chi connectivity index (χ1n) is 5.22. The van der Waals surface area contributed by atoms with E-state index in [9.17, 15) is 9.90 Å². The number of hydrogen-bond donors (Lipinski definition) is 1. The molecular weight excluding hydrogens is 184 g/mol. The maximum Gasteiger partial charge on any atom is 0.314 e. The largest absolute Gasteiger partial charge is 0.481 e. The Bertz CT molecular complexity index is 214. The van der Waals surface area contributed by atoms with Gasteiger partial charge in [-0.25, -0.2) is 0 Å². The smallest absolute Gasteiger partial charge is 0.314 e. The summed E-state index contributed by atoms with van der Waals surface area (Å²) < 4.78 is 10.7. The Labute approximate surface area is 83.2 Å². The van der Waals surface area contributed by atoms with E-state index >= 15 is 0 Å². The first-order valence-corrected chi connectivity index (χ1v) is 5.22. The van der Waals surface area contributed by atoms with Gasteiger partial charge in [0, 0.05) is 0 Å². The van der Waals surface area contributed by atoms with E-state index in [4.69, 9.17) is 9.47 Å². The van der Waals surface area contributed by atoms with Crippen molar-refractivity contribution in [3.63, 3.8) is 0 Å². The van der Waals surface area contributed by atoms with Crippen LogP contribution >= 0.6 is 0 Å². The normalized spacial score (nSPS) is 27.7. The van der Waals surface area contributed by atoms with Gasteiger partial charge < -0.3 is 14.6 Å². The maximum absolute atomic E-state index is 11.3. The minimum Gasteiger partial charge on any atom is -0.481 e. The number of carbonyl (C=O) groups is 1. The van der Waals surface area contributed by atoms with E-state index in [0.717, 1.165) is 19.3 Å². The molecule has 0 atom stereocenters. The van der Waals surface area contributed by atoms with Crippen LogP contribution in [0.4, 0.5) is 0 Å². The molecule has 1 saturated heterocycles. The van der Waals surface area contributed by atoms with E-state index < -0.39 is 17.7 Å². The molecule has 0 unspecified atom stereocenters. The lowest BCUT2D eigenvalue weighted by Crippen LogP contribution is -2.44. The molecule has 14 heavy (non-hydrogen) atoms. The standard InChI is InChI=1S/C10H16O4/c11-8(12)10(4-2-1-3-5-10)9-13-6-7-14-9/h9H,1-7H2,(H,11,12). The van der Waals surface area contributed by atoms with E-state index in [-0.39, 0.29) is 0 Å². The van der Waals surface area contributed by atoms with Gasteiger partial charge in [-0.3, -0.25) is 4.79 Å². The van der Waals surface area contributed by atoms with Crippen LogP contribution in [0.3, 0.4) is 0 Å². The average Bonchev–Trinajstić information content (AvgIpc) is 2.72. The van der Waals surface area contributed by atoms with Crippen molar-refractivity contribution in [1.82, 2.24) is 0 Å². The topological polar surface area (TPSA) is 55.8 Å². The van der Waals surface area contributed by atoms with Gasteiger partial charge >= 0.3 is 5.97 Å². The van der Waals surface area contributed by atoms with E-state index in [1.807, 2.05) is 0 Å². The Morgan fingerprint density at radius 3 is 2.21 bits per heavy atom. The predicted molar refractivity (Wildman–Crippen MR) is 48.8 cm³/mol. The highest BCUT2D eigenvalue weighted by molar-refractivity contribution is 5.75. The van der Waals surface area contributed by atoms with Crippen molar-refractivity contribution in [3.8, 4) is 0 Å². The molecule has 2 rings (SSSR count). The summed E-state index contributed by atoms with van der Waals surface area (Å²) in [4.78, 5) is 11.3. The Hall–Kier alpha value is -0.610. The van der Waals surface area contributed by atoms with Crippen molar-refractivity contribution >= 4 is 5.97 Å². The van der Waals surface area contributed by atoms with Crippen LogP contribution in [-0.4, -0.2) is 30.6 Å². The second-order valence-corrected chi connectivity index (χ2v) is 4.10. The minimum atomic E-state index is -0.769. The van der Waals surface area contributed by atoms with E-state index in [2.05, 4.69) is 0 Å². The van der Waals surface area contributed by atoms with Crippen LogP contribution in [0.1, 0.15) is 32.1 Å². The quantitative estimate of drug-likeness (QED) is 0.732. The summed E-state index contributed by atoms with van der Waals surface area (Å²) in [5.74, 6) is -0.760. The Morgan fingerprint density at radius 2 is 1.71 bits per heavy atom. The van der Waals surface area contributed by atoms with E-state index in [1.54, 1.807) is 0 Å². The molecule has 4 nitrogen and oxygen atoms in total. The summed E-state index contributed by atoms with van der Waals surface area (Å²) in [7, 11) is 0. The zero-order valence-electron chi connectivity index (χ0n) is 8.20. The lowest BCUT2D eigenvalue weighted by molar-refractivity contribution is -0.186. The van der Waals surface area contributed by atoms with Crippen LogP contribution < -0.4 is 0 Å². The fraction of sp³-hybridized carbons (Fsp3) is 0.900. The number of carboxylic acids is 1. The van der Waals surface area contributed by atoms with Crippen molar-refractivity contribution in [2.75, 3.05) is 13.2 Å². The van der Waals surface area contributed by atoms with Crippen LogP contribution in [0.2, 0.25) is 0 Å². The summed E-state index contributed by atoms with van der Waals surface area (Å²) in [5, 5.41) is 9.29. The van der Waals surface area contributed by atoms with Gasteiger partial charge in [-0.2, -0.15) is 0 Å². The minimum absolute atomic E-state index is 0.514. The van der Waals surface area contributed by atoms with Gasteiger partial charge in [0.15, 0.2) is 6.29 Å². The van der Waals surface area contributed by atoms with Crippen molar-refractivity contribution in [3.05, 3.63) is 0 Å². The van der Waals surface area contributed by atoms with Gasteiger partial charge in [0.05, 0.1) is 13.2 Å². The fourth-order valence-electron chi connectivity index (χ4n) is 2.41. The SMILES string of the molecule is O=C(O)C1(C2OCCO2)CCCCC1. The molecule has 1 N–H and O–H groups in total. The molecule has 2 fully saturated rings. The van der Waals surface area contributed by atoms with Gasteiger partial charge in [-0.15, -0.1) is 0 Å². The van der Waals surface area contributed by atoms with Gasteiger partial charge in [0.1, 0.15) is 5.41 Å². The molecule has 0 aromatic heterocycles. The summed E-state index contributed by atoms with van der Waals surface area (Å²) in [6.45, 7) is 1.05. The highest BCUT2D eigenvalue weighted by atomic mass is 16.7. The lowest BCUT2D eigenvalue weighted by Gasteiger charge is -2.36. The molecule has 1 heterocycles. The van der Waals surface area contributed by atoms with Crippen molar-refractivity contribution < 1.29 is 19.4 Å². The Kier molecular flexibility index (Phi) is 2.74. The lowest BCUT2D eigenvalue weighted by atomic mass is 9.73. The van der Waals surface area contributed by atoms with Crippen molar-refractivity contribution in [2.24, 2.45) is 5.41 Å². The summed E-state index contributed by atoms with van der Waals surface area (Å²) in [5.41, 5.74) is -0.769. The van der Waals surface area contributed by atoms with Crippen LogP contribution in [0.25, 0.3) is 0 Å². The van der Waals surface area contributed by atoms with Crippen molar-refractivity contribution in [2.45, 2.75) is 38.4 Å². The molecule has 0 aromatic rings. The van der Waals surface area contributed by atoms with Crippen LogP contribution in [-0.2, 0) is 14.3 Å². The van der Waals surface area contributed by atoms with Crippen LogP contribution in [0, 0.1) is 5.41 Å². The van der Waals surface area contributed by atoms with E-state index in [1.165, 1.54) is 0 Å². The molecule has 2 aliphatic rings. The third kappa shape index (κ3) is 1.53. The van der Waals surface area contributed by atoms with Gasteiger partial charge in [0.2, 0.25) is 0 Å². The summed E-state index contributed by atoms with van der Waals surface area (Å²) >= 11 is 0. The molecule has 0 amide bonds. The zero-order chi connectivity index (χ0) is 10.0. The first kappa shape index (κ1) is 9.93.